The van der Waals surface area contributed by atoms with Crippen LogP contribution in [-0.4, -0.2) is 31.6 Å². The van der Waals surface area contributed by atoms with Crippen molar-refractivity contribution in [3.8, 4) is 23.0 Å². The van der Waals surface area contributed by atoms with Crippen LogP contribution in [0.3, 0.4) is 0 Å². The summed E-state index contributed by atoms with van der Waals surface area (Å²) in [7, 11) is 3.08. The molecule has 0 fully saturated rings. The Morgan fingerprint density at radius 1 is 1.03 bits per heavy atom. The second-order valence-electron chi connectivity index (χ2n) is 7.53. The lowest BCUT2D eigenvalue weighted by atomic mass is 9.97. The second-order valence-corrected chi connectivity index (χ2v) is 7.53. The quantitative estimate of drug-likeness (QED) is 0.268. The molecule has 6 nitrogen and oxygen atoms in total. The Morgan fingerprint density at radius 3 is 2.42 bits per heavy atom. The first-order chi connectivity index (χ1) is 14.8. The summed E-state index contributed by atoms with van der Waals surface area (Å²) in [6.07, 6.45) is 7.21. The monoisotopic (exact) mass is 422 g/mol. The van der Waals surface area contributed by atoms with Crippen LogP contribution >= 0.6 is 0 Å². The van der Waals surface area contributed by atoms with Gasteiger partial charge in [-0.1, -0.05) is 19.1 Å². The Morgan fingerprint density at radius 2 is 1.74 bits per heavy atom. The van der Waals surface area contributed by atoms with Crippen molar-refractivity contribution in [2.45, 2.75) is 32.8 Å². The Labute approximate surface area is 182 Å². The van der Waals surface area contributed by atoms with Gasteiger partial charge in [-0.3, -0.25) is 9.59 Å². The molecule has 0 unspecified atom stereocenters. The molecular formula is C25H26O6. The van der Waals surface area contributed by atoms with Crippen LogP contribution < -0.4 is 18.9 Å². The molecule has 0 spiro atoms. The van der Waals surface area contributed by atoms with E-state index in [9.17, 15) is 9.59 Å². The van der Waals surface area contributed by atoms with Crippen LogP contribution in [0.25, 0.3) is 12.2 Å². The lowest BCUT2D eigenvalue weighted by molar-refractivity contribution is -0.134. The van der Waals surface area contributed by atoms with Gasteiger partial charge in [-0.25, -0.2) is 0 Å². The van der Waals surface area contributed by atoms with Crippen LogP contribution in [0.1, 0.15) is 48.7 Å². The van der Waals surface area contributed by atoms with E-state index in [0.717, 1.165) is 5.56 Å². The van der Waals surface area contributed by atoms with E-state index < -0.39 is 5.60 Å². The Hall–Kier alpha value is -3.54. The molecule has 6 heteroatoms. The molecule has 2 aromatic carbocycles. The molecule has 1 aliphatic heterocycles. The molecule has 0 radical (unpaired) electrons. The minimum atomic E-state index is -0.536. The predicted molar refractivity (Wildman–Crippen MR) is 119 cm³/mol. The van der Waals surface area contributed by atoms with Crippen LogP contribution in [0, 0.1) is 0 Å². The van der Waals surface area contributed by atoms with Crippen molar-refractivity contribution in [3.63, 3.8) is 0 Å². The third-order valence-electron chi connectivity index (χ3n) is 4.79. The molecule has 2 aromatic rings. The van der Waals surface area contributed by atoms with Crippen LogP contribution in [0.2, 0.25) is 0 Å². The van der Waals surface area contributed by atoms with E-state index in [4.69, 9.17) is 18.9 Å². The molecule has 0 bridgehead atoms. The van der Waals surface area contributed by atoms with Crippen LogP contribution in [0.5, 0.6) is 23.0 Å². The molecule has 0 amide bonds. The number of fused-ring (bicyclic) bond motifs is 1. The number of ketones is 1. The highest BCUT2D eigenvalue weighted by atomic mass is 16.6. The van der Waals surface area contributed by atoms with Gasteiger partial charge in [-0.05, 0) is 61.9 Å². The second kappa shape index (κ2) is 9.08. The number of esters is 1. The topological polar surface area (TPSA) is 71.1 Å². The van der Waals surface area contributed by atoms with Crippen molar-refractivity contribution in [1.29, 1.82) is 0 Å². The van der Waals surface area contributed by atoms with Gasteiger partial charge in [-0.2, -0.15) is 0 Å². The molecule has 1 heterocycles. The van der Waals surface area contributed by atoms with Crippen LogP contribution in [0.4, 0.5) is 0 Å². The Bertz CT molecular complexity index is 1060. The van der Waals surface area contributed by atoms with Crippen molar-refractivity contribution >= 4 is 23.9 Å². The van der Waals surface area contributed by atoms with Crippen molar-refractivity contribution in [2.75, 3.05) is 14.2 Å². The number of rotatable bonds is 7. The number of hydrogen-bond acceptors (Lipinski definition) is 6. The highest BCUT2D eigenvalue weighted by Gasteiger charge is 2.27. The standard InChI is InChI=1S/C25H26O6/c1-6-23(27)30-22-15-16(8-11-21(22)29-5)7-10-19(26)17-9-12-20(28-4)18-13-14-25(2,3)31-24(17)18/h7-15H,6H2,1-5H3/b10-7+. The zero-order valence-corrected chi connectivity index (χ0v) is 18.4. The Balaban J connectivity index is 1.91. The minimum absolute atomic E-state index is 0.215. The summed E-state index contributed by atoms with van der Waals surface area (Å²) in [5.41, 5.74) is 1.33. The van der Waals surface area contributed by atoms with Gasteiger partial charge < -0.3 is 18.9 Å². The zero-order chi connectivity index (χ0) is 22.6. The van der Waals surface area contributed by atoms with Crippen LogP contribution in [-0.2, 0) is 4.79 Å². The fourth-order valence-corrected chi connectivity index (χ4v) is 3.14. The number of carbonyl (C=O) groups excluding carboxylic acids is 2. The summed E-state index contributed by atoms with van der Waals surface area (Å²) in [5, 5.41) is 0. The first-order valence-corrected chi connectivity index (χ1v) is 9.98. The van der Waals surface area contributed by atoms with Gasteiger partial charge in [0, 0.05) is 6.42 Å². The van der Waals surface area contributed by atoms with E-state index >= 15 is 0 Å². The summed E-state index contributed by atoms with van der Waals surface area (Å²) >= 11 is 0. The number of hydrogen-bond donors (Lipinski definition) is 0. The summed E-state index contributed by atoms with van der Waals surface area (Å²) in [4.78, 5) is 24.7. The molecule has 0 aromatic heterocycles. The predicted octanol–water partition coefficient (Wildman–Crippen LogP) is 5.10. The highest BCUT2D eigenvalue weighted by Crippen LogP contribution is 2.40. The van der Waals surface area contributed by atoms with Crippen LogP contribution in [0.15, 0.2) is 42.5 Å². The van der Waals surface area contributed by atoms with Gasteiger partial charge in [0.05, 0.1) is 25.3 Å². The molecule has 0 aliphatic carbocycles. The molecule has 1 aliphatic rings. The summed E-state index contributed by atoms with van der Waals surface area (Å²) in [6.45, 7) is 5.56. The third-order valence-corrected chi connectivity index (χ3v) is 4.79. The van der Waals surface area contributed by atoms with E-state index in [1.807, 2.05) is 26.0 Å². The van der Waals surface area contributed by atoms with Gasteiger partial charge in [0.15, 0.2) is 17.3 Å². The van der Waals surface area contributed by atoms with E-state index in [1.165, 1.54) is 13.2 Å². The number of carbonyl (C=O) groups is 2. The third kappa shape index (κ3) is 4.97. The number of benzene rings is 2. The fourth-order valence-electron chi connectivity index (χ4n) is 3.14. The molecule has 0 saturated heterocycles. The van der Waals surface area contributed by atoms with E-state index in [-0.39, 0.29) is 18.2 Å². The SMILES string of the molecule is CCC(=O)Oc1cc(/C=C/C(=O)c2ccc(OC)c3c2OC(C)(C)C=C3)ccc1OC. The van der Waals surface area contributed by atoms with E-state index in [0.29, 0.717) is 34.1 Å². The maximum absolute atomic E-state index is 13.0. The average molecular weight is 422 g/mol. The highest BCUT2D eigenvalue weighted by molar-refractivity contribution is 6.09. The first-order valence-electron chi connectivity index (χ1n) is 9.98. The summed E-state index contributed by atoms with van der Waals surface area (Å²) < 4.78 is 22.0. The smallest absolute Gasteiger partial charge is 0.311 e. The maximum atomic E-state index is 13.0. The molecule has 0 saturated carbocycles. The molecule has 0 atom stereocenters. The van der Waals surface area contributed by atoms with Crippen molar-refractivity contribution < 1.29 is 28.5 Å². The van der Waals surface area contributed by atoms with Gasteiger partial charge in [0.25, 0.3) is 0 Å². The lowest BCUT2D eigenvalue weighted by Crippen LogP contribution is -2.28. The molecule has 0 N–H and O–H groups in total. The molecular weight excluding hydrogens is 396 g/mol. The van der Waals surface area contributed by atoms with Gasteiger partial charge in [-0.15, -0.1) is 0 Å². The van der Waals surface area contributed by atoms with Gasteiger partial charge in [0.1, 0.15) is 17.1 Å². The first kappa shape index (κ1) is 22.2. The van der Waals surface area contributed by atoms with E-state index in [2.05, 4.69) is 0 Å². The number of ether oxygens (including phenoxy) is 4. The summed E-state index contributed by atoms with van der Waals surface area (Å²) in [5.74, 6) is 1.30. The average Bonchev–Trinajstić information content (AvgIpc) is 2.75. The summed E-state index contributed by atoms with van der Waals surface area (Å²) in [6, 6.07) is 8.57. The molecule has 162 valence electrons. The maximum Gasteiger partial charge on any atom is 0.311 e. The van der Waals surface area contributed by atoms with Gasteiger partial charge >= 0.3 is 5.97 Å². The number of allylic oxidation sites excluding steroid dienone is 1. The largest absolute Gasteiger partial charge is 0.496 e. The van der Waals surface area contributed by atoms with E-state index in [1.54, 1.807) is 50.4 Å². The number of methoxy groups -OCH3 is 2. The normalized spacial score (nSPS) is 14.0. The zero-order valence-electron chi connectivity index (χ0n) is 18.4. The Kier molecular flexibility index (Phi) is 6.49. The van der Waals surface area contributed by atoms with Crippen molar-refractivity contribution in [3.05, 3.63) is 59.2 Å². The lowest BCUT2D eigenvalue weighted by Gasteiger charge is -2.29. The molecule has 31 heavy (non-hydrogen) atoms. The fraction of sp³-hybridized carbons (Fsp3) is 0.280. The van der Waals surface area contributed by atoms with Crippen molar-refractivity contribution in [2.24, 2.45) is 0 Å². The minimum Gasteiger partial charge on any atom is -0.496 e. The van der Waals surface area contributed by atoms with Gasteiger partial charge in [0.2, 0.25) is 0 Å². The molecule has 3 rings (SSSR count). The van der Waals surface area contributed by atoms with Crippen molar-refractivity contribution in [1.82, 2.24) is 0 Å².